The van der Waals surface area contributed by atoms with Gasteiger partial charge in [0.25, 0.3) is 0 Å². The van der Waals surface area contributed by atoms with Crippen molar-refractivity contribution in [1.29, 1.82) is 0 Å². The first-order valence-corrected chi connectivity index (χ1v) is 12.7. The number of carbonyl (C=O) groups is 3. The monoisotopic (exact) mass is 566 g/mol. The van der Waals surface area contributed by atoms with Crippen molar-refractivity contribution in [2.75, 3.05) is 20.3 Å². The molecular weight excluding hydrogens is 537 g/mol. The number of ether oxygens (including phenoxy) is 1. The lowest BCUT2D eigenvalue weighted by Gasteiger charge is -2.24. The van der Waals surface area contributed by atoms with Crippen molar-refractivity contribution in [3.05, 3.63) is 70.2 Å². The van der Waals surface area contributed by atoms with E-state index in [9.17, 15) is 27.6 Å². The number of alkyl halides is 3. The number of nitrogens with zero attached hydrogens (tertiary/aromatic N) is 2. The first-order chi connectivity index (χ1) is 18.5. The van der Waals surface area contributed by atoms with E-state index in [2.05, 4.69) is 15.7 Å². The van der Waals surface area contributed by atoms with Crippen LogP contribution in [0.15, 0.2) is 53.6 Å². The van der Waals surface area contributed by atoms with Gasteiger partial charge in [-0.15, -0.1) is 0 Å². The molecule has 0 spiro atoms. The number of hydrogen-bond acceptors (Lipinski definition) is 5. The fourth-order valence-corrected chi connectivity index (χ4v) is 3.88. The Labute approximate surface area is 229 Å². The van der Waals surface area contributed by atoms with Crippen molar-refractivity contribution in [3.8, 4) is 0 Å². The Morgan fingerprint density at radius 1 is 1.13 bits per heavy atom. The number of carbonyl (C=O) groups excluding carboxylic acids is 3. The molecular formula is C27H30ClF3N4O4. The van der Waals surface area contributed by atoms with E-state index in [4.69, 9.17) is 16.3 Å². The summed E-state index contributed by atoms with van der Waals surface area (Å²) in [6.07, 6.45) is -2.95. The fraction of sp³-hybridized carbons (Fsp3) is 0.407. The molecule has 3 rings (SSSR count). The van der Waals surface area contributed by atoms with Crippen LogP contribution in [-0.4, -0.2) is 54.7 Å². The van der Waals surface area contributed by atoms with Gasteiger partial charge in [0.2, 0.25) is 17.7 Å². The van der Waals surface area contributed by atoms with Gasteiger partial charge >= 0.3 is 6.18 Å². The summed E-state index contributed by atoms with van der Waals surface area (Å²) in [7, 11) is 1.49. The molecule has 12 heteroatoms. The Balaban J connectivity index is 1.87. The van der Waals surface area contributed by atoms with Crippen LogP contribution in [0, 0.1) is 0 Å². The molecule has 0 saturated heterocycles. The van der Waals surface area contributed by atoms with Gasteiger partial charge in [0, 0.05) is 31.2 Å². The zero-order valence-corrected chi connectivity index (χ0v) is 22.3. The molecule has 2 aromatic rings. The maximum atomic E-state index is 13.7. The lowest BCUT2D eigenvalue weighted by molar-refractivity contribution is -0.140. The van der Waals surface area contributed by atoms with Gasteiger partial charge in [0.15, 0.2) is 0 Å². The molecule has 8 nitrogen and oxygen atoms in total. The highest BCUT2D eigenvalue weighted by molar-refractivity contribution is 6.30. The van der Waals surface area contributed by atoms with Crippen LogP contribution < -0.4 is 10.6 Å². The van der Waals surface area contributed by atoms with E-state index < -0.39 is 47.6 Å². The molecule has 210 valence electrons. The average Bonchev–Trinajstić information content (AvgIpc) is 3.70. The molecule has 1 atom stereocenters. The number of hydrazone groups is 1. The van der Waals surface area contributed by atoms with Crippen LogP contribution in [-0.2, 0) is 25.3 Å². The summed E-state index contributed by atoms with van der Waals surface area (Å²) in [5.74, 6) is -2.11. The molecule has 2 N–H and O–H groups in total. The zero-order valence-electron chi connectivity index (χ0n) is 21.6. The van der Waals surface area contributed by atoms with Crippen LogP contribution in [0.5, 0.6) is 0 Å². The first kappa shape index (κ1) is 30.1. The summed E-state index contributed by atoms with van der Waals surface area (Å²) >= 11 is 5.94. The third-order valence-corrected chi connectivity index (χ3v) is 6.17. The maximum Gasteiger partial charge on any atom is 0.416 e. The Hall–Kier alpha value is -3.44. The van der Waals surface area contributed by atoms with Crippen molar-refractivity contribution >= 4 is 35.0 Å². The molecule has 1 aliphatic carbocycles. The molecule has 39 heavy (non-hydrogen) atoms. The minimum absolute atomic E-state index is 0.0149. The minimum Gasteiger partial charge on any atom is -0.385 e. The predicted molar refractivity (Wildman–Crippen MR) is 140 cm³/mol. The highest BCUT2D eigenvalue weighted by Crippen LogP contribution is 2.35. The number of rotatable bonds is 12. The number of methoxy groups -OCH3 is 1. The second kappa shape index (κ2) is 13.6. The normalized spacial score (nSPS) is 14.5. The second-order valence-electron chi connectivity index (χ2n) is 9.11. The van der Waals surface area contributed by atoms with E-state index in [1.54, 1.807) is 31.2 Å². The SMILES string of the molecule is COCCCC(=O)N(CC(=O)NC(C(=O)NC1CC1)c1ccccc1C(F)(F)F)/N=C(\C)c1ccc(Cl)cc1. The van der Waals surface area contributed by atoms with Crippen LogP contribution in [0.3, 0.4) is 0 Å². The molecule has 1 fully saturated rings. The number of halogens is 4. The van der Waals surface area contributed by atoms with E-state index in [1.165, 1.54) is 19.2 Å². The number of amides is 3. The molecule has 1 unspecified atom stereocenters. The van der Waals surface area contributed by atoms with Crippen LogP contribution in [0.2, 0.25) is 5.02 Å². The second-order valence-corrected chi connectivity index (χ2v) is 9.54. The highest BCUT2D eigenvalue weighted by Gasteiger charge is 2.38. The van der Waals surface area contributed by atoms with Gasteiger partial charge in [-0.3, -0.25) is 14.4 Å². The smallest absolute Gasteiger partial charge is 0.385 e. The lowest BCUT2D eigenvalue weighted by atomic mass is 9.99. The summed E-state index contributed by atoms with van der Waals surface area (Å²) < 4.78 is 46.2. The molecule has 0 aliphatic heterocycles. The molecule has 1 aliphatic rings. The van der Waals surface area contributed by atoms with E-state index in [0.717, 1.165) is 17.1 Å². The molecule has 3 amide bonds. The van der Waals surface area contributed by atoms with Gasteiger partial charge in [-0.05, 0) is 55.5 Å². The fourth-order valence-electron chi connectivity index (χ4n) is 3.75. The van der Waals surface area contributed by atoms with Gasteiger partial charge in [0.05, 0.1) is 11.3 Å². The van der Waals surface area contributed by atoms with Crippen molar-refractivity contribution < 1.29 is 32.3 Å². The van der Waals surface area contributed by atoms with Crippen molar-refractivity contribution in [1.82, 2.24) is 15.6 Å². The van der Waals surface area contributed by atoms with Gasteiger partial charge in [0.1, 0.15) is 12.6 Å². The predicted octanol–water partition coefficient (Wildman–Crippen LogP) is 4.47. The van der Waals surface area contributed by atoms with Gasteiger partial charge < -0.3 is 15.4 Å². The average molecular weight is 567 g/mol. The van der Waals surface area contributed by atoms with Crippen LogP contribution >= 0.6 is 11.6 Å². The van der Waals surface area contributed by atoms with E-state index in [1.807, 2.05) is 0 Å². The van der Waals surface area contributed by atoms with E-state index in [-0.39, 0.29) is 12.5 Å². The molecule has 0 bridgehead atoms. The quantitative estimate of drug-likeness (QED) is 0.225. The summed E-state index contributed by atoms with van der Waals surface area (Å²) in [5, 5.41) is 10.8. The zero-order chi connectivity index (χ0) is 28.6. The van der Waals surface area contributed by atoms with Gasteiger partial charge in [-0.1, -0.05) is 41.9 Å². The van der Waals surface area contributed by atoms with Crippen molar-refractivity contribution in [2.45, 2.75) is 50.9 Å². The minimum atomic E-state index is -4.75. The standard InChI is InChI=1S/C27H30ClF3N4O4/c1-17(18-9-11-19(28)12-10-18)34-35(24(37)8-5-15-39-2)16-23(36)33-25(26(38)32-20-13-14-20)21-6-3-4-7-22(21)27(29,30)31/h3-4,6-7,9-12,20,25H,5,8,13-16H2,1-2H3,(H,32,38)(H,33,36)/b34-17+. The van der Waals surface area contributed by atoms with Crippen molar-refractivity contribution in [3.63, 3.8) is 0 Å². The maximum absolute atomic E-state index is 13.7. The molecule has 0 heterocycles. The Bertz CT molecular complexity index is 1200. The van der Waals surface area contributed by atoms with Crippen molar-refractivity contribution in [2.24, 2.45) is 5.10 Å². The van der Waals surface area contributed by atoms with E-state index >= 15 is 0 Å². The first-order valence-electron chi connectivity index (χ1n) is 12.4. The van der Waals surface area contributed by atoms with Gasteiger partial charge in [-0.2, -0.15) is 18.3 Å². The summed E-state index contributed by atoms with van der Waals surface area (Å²) in [4.78, 5) is 39.0. The lowest BCUT2D eigenvalue weighted by Crippen LogP contribution is -2.45. The Morgan fingerprint density at radius 3 is 2.41 bits per heavy atom. The Morgan fingerprint density at radius 2 is 1.79 bits per heavy atom. The molecule has 0 aromatic heterocycles. The highest BCUT2D eigenvalue weighted by atomic mass is 35.5. The topological polar surface area (TPSA) is 100 Å². The molecule has 2 aromatic carbocycles. The Kier molecular flexibility index (Phi) is 10.5. The van der Waals surface area contributed by atoms with Crippen LogP contribution in [0.25, 0.3) is 0 Å². The van der Waals surface area contributed by atoms with Gasteiger partial charge in [-0.25, -0.2) is 5.01 Å². The third kappa shape index (κ3) is 9.07. The molecule has 0 radical (unpaired) electrons. The third-order valence-electron chi connectivity index (χ3n) is 5.92. The summed E-state index contributed by atoms with van der Waals surface area (Å²) in [6.45, 7) is 1.34. The van der Waals surface area contributed by atoms with E-state index in [0.29, 0.717) is 42.2 Å². The number of benzene rings is 2. The van der Waals surface area contributed by atoms with Crippen LogP contribution in [0.1, 0.15) is 55.3 Å². The summed E-state index contributed by atoms with van der Waals surface area (Å²) in [5.41, 5.74) is -0.374. The summed E-state index contributed by atoms with van der Waals surface area (Å²) in [6, 6.07) is 9.48. The number of hydrogen-bond donors (Lipinski definition) is 2. The number of nitrogens with one attached hydrogen (secondary N) is 2. The molecule has 1 saturated carbocycles. The van der Waals surface area contributed by atoms with Crippen LogP contribution in [0.4, 0.5) is 13.2 Å². The largest absolute Gasteiger partial charge is 0.416 e.